The van der Waals surface area contributed by atoms with Crippen molar-refractivity contribution in [2.45, 2.75) is 13.8 Å². The average molecular weight is 383 g/mol. The lowest BCUT2D eigenvalue weighted by Crippen LogP contribution is -2.35. The van der Waals surface area contributed by atoms with E-state index in [4.69, 9.17) is 13.9 Å². The van der Waals surface area contributed by atoms with E-state index in [0.717, 1.165) is 0 Å². The van der Waals surface area contributed by atoms with Crippen LogP contribution in [0.1, 0.15) is 24.2 Å². The van der Waals surface area contributed by atoms with Crippen LogP contribution in [-0.2, 0) is 19.1 Å². The third-order valence-electron chi connectivity index (χ3n) is 4.04. The maximum Gasteiger partial charge on any atom is 0.328 e. The summed E-state index contributed by atoms with van der Waals surface area (Å²) in [6.07, 6.45) is 1.50. The fourth-order valence-electron chi connectivity index (χ4n) is 2.77. The van der Waals surface area contributed by atoms with Crippen molar-refractivity contribution < 1.29 is 28.3 Å². The molecule has 0 bridgehead atoms. The number of nitrogens with zero attached hydrogens (tertiary/aromatic N) is 1. The molecule has 0 saturated heterocycles. The molecule has 0 unspecified atom stereocenters. The van der Waals surface area contributed by atoms with E-state index in [1.807, 2.05) is 0 Å². The van der Waals surface area contributed by atoms with Crippen LogP contribution in [0.15, 0.2) is 45.7 Å². The van der Waals surface area contributed by atoms with Crippen molar-refractivity contribution in [2.75, 3.05) is 13.2 Å². The summed E-state index contributed by atoms with van der Waals surface area (Å²) in [5.74, 6) is -4.57. The van der Waals surface area contributed by atoms with Gasteiger partial charge in [0.25, 0.3) is 0 Å². The van der Waals surface area contributed by atoms with Gasteiger partial charge < -0.3 is 13.9 Å². The first-order valence-electron chi connectivity index (χ1n) is 8.67. The summed E-state index contributed by atoms with van der Waals surface area (Å²) in [4.78, 5) is 53.9. The van der Waals surface area contributed by atoms with Crippen LogP contribution in [0.4, 0.5) is 0 Å². The molecule has 0 spiro atoms. The van der Waals surface area contributed by atoms with Gasteiger partial charge in [0.1, 0.15) is 5.58 Å². The van der Waals surface area contributed by atoms with Crippen LogP contribution in [0.2, 0.25) is 0 Å². The minimum Gasteiger partial charge on any atom is -0.465 e. The van der Waals surface area contributed by atoms with Crippen LogP contribution in [-0.4, -0.2) is 35.9 Å². The van der Waals surface area contributed by atoms with Crippen LogP contribution >= 0.6 is 0 Å². The molecule has 144 valence electrons. The normalized spacial score (nSPS) is 11.0. The van der Waals surface area contributed by atoms with Crippen LogP contribution in [0, 0.1) is 5.92 Å². The number of esters is 2. The Morgan fingerprint density at radius 2 is 1.71 bits per heavy atom. The van der Waals surface area contributed by atoms with Crippen molar-refractivity contribution in [1.29, 1.82) is 0 Å². The summed E-state index contributed by atoms with van der Waals surface area (Å²) in [5, 5.41) is 0.393. The Morgan fingerprint density at radius 1 is 1.04 bits per heavy atom. The van der Waals surface area contributed by atoms with Gasteiger partial charge in [-0.3, -0.25) is 19.2 Å². The van der Waals surface area contributed by atoms with Crippen LogP contribution in [0.5, 0.6) is 0 Å². The van der Waals surface area contributed by atoms with Crippen molar-refractivity contribution in [3.63, 3.8) is 0 Å². The van der Waals surface area contributed by atoms with Gasteiger partial charge >= 0.3 is 11.9 Å². The number of hydrogen-bond donors (Lipinski definition) is 0. The smallest absolute Gasteiger partial charge is 0.328 e. The summed E-state index contributed by atoms with van der Waals surface area (Å²) in [7, 11) is 0. The maximum atomic E-state index is 12.8. The van der Waals surface area contributed by atoms with Crippen molar-refractivity contribution in [2.24, 2.45) is 5.92 Å². The highest BCUT2D eigenvalue weighted by Crippen LogP contribution is 2.21. The van der Waals surface area contributed by atoms with Gasteiger partial charge in [0.15, 0.2) is 5.78 Å². The van der Waals surface area contributed by atoms with Gasteiger partial charge in [-0.05, 0) is 44.2 Å². The second-order valence-electron chi connectivity index (χ2n) is 5.80. The second-order valence-corrected chi connectivity index (χ2v) is 5.80. The van der Waals surface area contributed by atoms with E-state index in [-0.39, 0.29) is 46.3 Å². The van der Waals surface area contributed by atoms with Crippen molar-refractivity contribution >= 4 is 39.8 Å². The number of carbonyl (C=O) groups is 3. The molecule has 0 atom stereocenters. The number of aromatic nitrogens is 1. The number of ketones is 1. The third kappa shape index (κ3) is 3.48. The Hall–Kier alpha value is -3.55. The molecule has 2 heterocycles. The lowest BCUT2D eigenvalue weighted by atomic mass is 9.96. The zero-order valence-electron chi connectivity index (χ0n) is 15.3. The summed E-state index contributed by atoms with van der Waals surface area (Å²) in [6, 6.07) is 7.24. The van der Waals surface area contributed by atoms with E-state index < -0.39 is 23.6 Å². The minimum atomic E-state index is -1.76. The molecule has 0 aliphatic heterocycles. The second kappa shape index (κ2) is 7.99. The SMILES string of the molecule is CCOC(=O)C(C(=O)OCC)C(=O)c1ccc2oc3ncccc3c(=O)c2c1. The van der Waals surface area contributed by atoms with Crippen LogP contribution in [0.3, 0.4) is 0 Å². The maximum absolute atomic E-state index is 12.8. The molecule has 3 aromatic rings. The van der Waals surface area contributed by atoms with Gasteiger partial charge in [0, 0.05) is 11.8 Å². The number of pyridine rings is 1. The molecule has 3 rings (SSSR count). The molecule has 1 aromatic carbocycles. The number of benzene rings is 1. The summed E-state index contributed by atoms with van der Waals surface area (Å²) >= 11 is 0. The minimum absolute atomic E-state index is 0.00230. The van der Waals surface area contributed by atoms with Crippen molar-refractivity contribution in [1.82, 2.24) is 4.98 Å². The van der Waals surface area contributed by atoms with E-state index in [1.165, 1.54) is 24.4 Å². The number of rotatable bonds is 6. The Bertz CT molecular complexity index is 1110. The highest BCUT2D eigenvalue weighted by molar-refractivity contribution is 6.21. The molecule has 8 heteroatoms. The fourth-order valence-corrected chi connectivity index (χ4v) is 2.77. The number of fused-ring (bicyclic) bond motifs is 2. The van der Waals surface area contributed by atoms with Crippen molar-refractivity contribution in [3.8, 4) is 0 Å². The lowest BCUT2D eigenvalue weighted by Gasteiger charge is -2.13. The van der Waals surface area contributed by atoms with E-state index in [1.54, 1.807) is 26.0 Å². The molecule has 28 heavy (non-hydrogen) atoms. The Kier molecular flexibility index (Phi) is 5.49. The molecular weight excluding hydrogens is 366 g/mol. The zero-order valence-corrected chi connectivity index (χ0v) is 15.3. The molecule has 0 N–H and O–H groups in total. The number of hydrogen-bond acceptors (Lipinski definition) is 8. The van der Waals surface area contributed by atoms with Crippen molar-refractivity contribution in [3.05, 3.63) is 52.3 Å². The van der Waals surface area contributed by atoms with Gasteiger partial charge in [0.05, 0.1) is 24.0 Å². The number of carbonyl (C=O) groups excluding carboxylic acids is 3. The summed E-state index contributed by atoms with van der Waals surface area (Å²) in [6.45, 7) is 3.13. The standard InChI is InChI=1S/C20H17NO7/c1-3-26-19(24)15(20(25)27-4-2)16(22)11-7-8-14-13(10-11)17(23)12-6-5-9-21-18(12)28-14/h5-10,15H,3-4H2,1-2H3. The lowest BCUT2D eigenvalue weighted by molar-refractivity contribution is -0.158. The first-order valence-corrected chi connectivity index (χ1v) is 8.67. The highest BCUT2D eigenvalue weighted by Gasteiger charge is 2.37. The topological polar surface area (TPSA) is 113 Å². The molecule has 0 fully saturated rings. The van der Waals surface area contributed by atoms with Gasteiger partial charge in [-0.2, -0.15) is 0 Å². The van der Waals surface area contributed by atoms with Gasteiger partial charge in [0.2, 0.25) is 17.1 Å². The van der Waals surface area contributed by atoms with Gasteiger partial charge in [-0.25, -0.2) is 4.98 Å². The van der Waals surface area contributed by atoms with Crippen LogP contribution < -0.4 is 5.43 Å². The molecule has 2 aromatic heterocycles. The zero-order chi connectivity index (χ0) is 20.3. The monoisotopic (exact) mass is 383 g/mol. The van der Waals surface area contributed by atoms with E-state index in [0.29, 0.717) is 0 Å². The molecular formula is C20H17NO7. The summed E-state index contributed by atoms with van der Waals surface area (Å²) < 4.78 is 15.3. The van der Waals surface area contributed by atoms with Gasteiger partial charge in [-0.1, -0.05) is 0 Å². The van der Waals surface area contributed by atoms with Gasteiger partial charge in [-0.15, -0.1) is 0 Å². The molecule has 0 aliphatic rings. The first kappa shape index (κ1) is 19.2. The predicted octanol–water partition coefficient (Wildman–Crippen LogP) is 2.27. The highest BCUT2D eigenvalue weighted by atomic mass is 16.6. The predicted molar refractivity (Wildman–Crippen MR) is 98.9 cm³/mol. The van der Waals surface area contributed by atoms with E-state index in [2.05, 4.69) is 4.98 Å². The third-order valence-corrected chi connectivity index (χ3v) is 4.04. The van der Waals surface area contributed by atoms with E-state index in [9.17, 15) is 19.2 Å². The molecule has 0 radical (unpaired) electrons. The first-order chi connectivity index (χ1) is 13.5. The molecule has 8 nitrogen and oxygen atoms in total. The largest absolute Gasteiger partial charge is 0.465 e. The average Bonchev–Trinajstić information content (AvgIpc) is 2.68. The van der Waals surface area contributed by atoms with E-state index >= 15 is 0 Å². The molecule has 0 saturated carbocycles. The molecule has 0 amide bonds. The number of ether oxygens (including phenoxy) is 2. The fraction of sp³-hybridized carbons (Fsp3) is 0.250. The summed E-state index contributed by atoms with van der Waals surface area (Å²) in [5.41, 5.74) is 0.0311. The Morgan fingerprint density at radius 3 is 2.36 bits per heavy atom. The quantitative estimate of drug-likeness (QED) is 0.276. The Balaban J connectivity index is 2.10. The number of Topliss-reactive ketones (excluding diaryl/α,β-unsaturated/α-hetero) is 1. The Labute approximate surface area is 159 Å². The molecule has 0 aliphatic carbocycles. The van der Waals surface area contributed by atoms with Crippen LogP contribution in [0.25, 0.3) is 22.1 Å².